The number of esters is 1. The monoisotopic (exact) mass is 607 g/mol. The molecule has 8 nitrogen and oxygen atoms in total. The van der Waals surface area contributed by atoms with Crippen LogP contribution in [0.25, 0.3) is 10.9 Å². The molecule has 206 valence electrons. The highest BCUT2D eigenvalue weighted by molar-refractivity contribution is 6.39. The predicted molar refractivity (Wildman–Crippen MR) is 147 cm³/mol. The topological polar surface area (TPSA) is 125 Å². The van der Waals surface area contributed by atoms with Crippen molar-refractivity contribution in [3.63, 3.8) is 0 Å². The SMILES string of the molecule is CCCCCCC(C)OC(=O)COc1nc(F)c(Cl)c(N)c1Cl.O=C(O)c1c(Cl)ccc2cc(Cl)cnc12. The Morgan fingerprint density at radius 2 is 1.84 bits per heavy atom. The number of benzene rings is 1. The van der Waals surface area contributed by atoms with Gasteiger partial charge in [-0.3, -0.25) is 4.98 Å². The lowest BCUT2D eigenvalue weighted by molar-refractivity contribution is -0.151. The Hall–Kier alpha value is -2.59. The van der Waals surface area contributed by atoms with Crippen LogP contribution in [0.1, 0.15) is 56.3 Å². The number of aromatic carboxylic acids is 1. The van der Waals surface area contributed by atoms with Crippen LogP contribution >= 0.6 is 46.4 Å². The van der Waals surface area contributed by atoms with Crippen molar-refractivity contribution in [3.05, 3.63) is 56.0 Å². The van der Waals surface area contributed by atoms with Crippen LogP contribution in [0.5, 0.6) is 5.88 Å². The van der Waals surface area contributed by atoms with Crippen molar-refractivity contribution in [3.8, 4) is 5.88 Å². The van der Waals surface area contributed by atoms with Gasteiger partial charge in [0, 0.05) is 11.6 Å². The van der Waals surface area contributed by atoms with Gasteiger partial charge in [-0.15, -0.1) is 0 Å². The zero-order chi connectivity index (χ0) is 28.4. The molecular formula is C25H26Cl4FN3O5. The van der Waals surface area contributed by atoms with E-state index in [4.69, 9.17) is 66.7 Å². The van der Waals surface area contributed by atoms with Crippen molar-refractivity contribution in [2.75, 3.05) is 12.3 Å². The first-order chi connectivity index (χ1) is 18.0. The second-order valence-corrected chi connectivity index (χ2v) is 9.74. The Balaban J connectivity index is 0.000000290. The predicted octanol–water partition coefficient (Wildman–Crippen LogP) is 7.63. The normalized spacial score (nSPS) is 11.4. The fourth-order valence-electron chi connectivity index (χ4n) is 3.26. The number of carboxylic acid groups (broad SMARTS) is 1. The summed E-state index contributed by atoms with van der Waals surface area (Å²) in [6.07, 6.45) is 6.39. The van der Waals surface area contributed by atoms with Gasteiger partial charge in [-0.05, 0) is 31.9 Å². The highest BCUT2D eigenvalue weighted by Gasteiger charge is 2.18. The molecule has 0 aliphatic carbocycles. The number of carboxylic acids is 1. The third-order valence-corrected chi connectivity index (χ3v) is 6.39. The lowest BCUT2D eigenvalue weighted by Crippen LogP contribution is -2.21. The Morgan fingerprint density at radius 1 is 1.13 bits per heavy atom. The van der Waals surface area contributed by atoms with Crippen molar-refractivity contribution in [1.29, 1.82) is 0 Å². The van der Waals surface area contributed by atoms with E-state index in [9.17, 15) is 14.0 Å². The molecule has 0 fully saturated rings. The van der Waals surface area contributed by atoms with Gasteiger partial charge in [-0.2, -0.15) is 9.37 Å². The molecule has 0 spiro atoms. The number of fused-ring (bicyclic) bond motifs is 1. The molecule has 1 atom stereocenters. The number of carbonyl (C=O) groups excluding carboxylic acids is 1. The number of hydrogen-bond donors (Lipinski definition) is 2. The number of anilines is 1. The first-order valence-electron chi connectivity index (χ1n) is 11.6. The van der Waals surface area contributed by atoms with Crippen molar-refractivity contribution < 1.29 is 28.6 Å². The summed E-state index contributed by atoms with van der Waals surface area (Å²) < 4.78 is 23.6. The molecule has 0 aliphatic rings. The molecule has 0 bridgehead atoms. The summed E-state index contributed by atoms with van der Waals surface area (Å²) in [5.41, 5.74) is 5.68. The minimum atomic E-state index is -1.10. The molecule has 3 N–H and O–H groups in total. The number of aromatic nitrogens is 2. The van der Waals surface area contributed by atoms with Crippen LogP contribution in [-0.4, -0.2) is 39.7 Å². The highest BCUT2D eigenvalue weighted by Crippen LogP contribution is 2.35. The van der Waals surface area contributed by atoms with E-state index in [2.05, 4.69) is 16.9 Å². The zero-order valence-corrected chi connectivity index (χ0v) is 23.6. The fourth-order valence-corrected chi connectivity index (χ4v) is 4.04. The van der Waals surface area contributed by atoms with Crippen molar-refractivity contribution >= 4 is 74.9 Å². The molecule has 13 heteroatoms. The van der Waals surface area contributed by atoms with E-state index in [1.165, 1.54) is 12.3 Å². The van der Waals surface area contributed by atoms with Gasteiger partial charge in [-0.1, -0.05) is 78.7 Å². The number of unbranched alkanes of at least 4 members (excludes halogenated alkanes) is 3. The summed E-state index contributed by atoms with van der Waals surface area (Å²) in [4.78, 5) is 30.0. The number of hydrogen-bond acceptors (Lipinski definition) is 7. The van der Waals surface area contributed by atoms with Crippen molar-refractivity contribution in [2.24, 2.45) is 0 Å². The average Bonchev–Trinajstić information content (AvgIpc) is 2.87. The zero-order valence-electron chi connectivity index (χ0n) is 20.6. The molecule has 1 aromatic carbocycles. The molecule has 0 aliphatic heterocycles. The first kappa shape index (κ1) is 31.6. The molecule has 0 radical (unpaired) electrons. The summed E-state index contributed by atoms with van der Waals surface area (Å²) >= 11 is 22.9. The van der Waals surface area contributed by atoms with Crippen LogP contribution in [0.15, 0.2) is 24.4 Å². The molecule has 1 unspecified atom stereocenters. The van der Waals surface area contributed by atoms with E-state index in [0.29, 0.717) is 15.9 Å². The third kappa shape index (κ3) is 9.01. The van der Waals surface area contributed by atoms with Crippen LogP contribution in [0.4, 0.5) is 10.1 Å². The van der Waals surface area contributed by atoms with Gasteiger partial charge in [0.15, 0.2) is 6.61 Å². The van der Waals surface area contributed by atoms with E-state index in [1.54, 1.807) is 12.1 Å². The molecule has 0 saturated carbocycles. The number of carbonyl (C=O) groups is 2. The van der Waals surface area contributed by atoms with Crippen LogP contribution in [-0.2, 0) is 9.53 Å². The molecule has 38 heavy (non-hydrogen) atoms. The van der Waals surface area contributed by atoms with Gasteiger partial charge in [0.2, 0.25) is 11.8 Å². The fraction of sp³-hybridized carbons (Fsp3) is 0.360. The van der Waals surface area contributed by atoms with Gasteiger partial charge in [0.05, 0.1) is 27.4 Å². The van der Waals surface area contributed by atoms with Crippen LogP contribution in [0.2, 0.25) is 20.1 Å². The minimum absolute atomic E-state index is 0.00540. The van der Waals surface area contributed by atoms with Crippen molar-refractivity contribution in [2.45, 2.75) is 52.1 Å². The summed E-state index contributed by atoms with van der Waals surface area (Å²) in [5.74, 6) is -2.99. The quantitative estimate of drug-likeness (QED) is 0.137. The number of nitrogens with zero attached hydrogens (tertiary/aromatic N) is 2. The van der Waals surface area contributed by atoms with Crippen LogP contribution in [0, 0.1) is 5.95 Å². The maximum Gasteiger partial charge on any atom is 0.344 e. The van der Waals surface area contributed by atoms with Crippen LogP contribution in [0.3, 0.4) is 0 Å². The second-order valence-electron chi connectivity index (χ2n) is 8.14. The van der Waals surface area contributed by atoms with Gasteiger partial charge in [0.1, 0.15) is 15.6 Å². The number of ether oxygens (including phenoxy) is 2. The molecule has 0 saturated heterocycles. The van der Waals surface area contributed by atoms with E-state index in [-0.39, 0.29) is 38.3 Å². The van der Waals surface area contributed by atoms with Gasteiger partial charge in [0.25, 0.3) is 0 Å². The number of halogens is 5. The Morgan fingerprint density at radius 3 is 2.50 bits per heavy atom. The third-order valence-electron chi connectivity index (χ3n) is 5.15. The standard InChI is InChI=1S/C15H21Cl2FN2O3.C10H5Cl2NO2/c1-3-4-5-6-7-9(2)23-10(21)8-22-15-12(17)13(19)11(16)14(18)20-15;11-6-3-5-1-2-7(12)8(10(14)15)9(5)13-4-6/h9H,3-8H2,1-2H3,(H2,19,20);1-4H,(H,14,15). The van der Waals surface area contributed by atoms with Crippen LogP contribution < -0.4 is 10.5 Å². The number of nitrogens with two attached hydrogens (primary N) is 1. The molecule has 2 aromatic heterocycles. The maximum absolute atomic E-state index is 13.4. The molecular weight excluding hydrogens is 583 g/mol. The van der Waals surface area contributed by atoms with Crippen molar-refractivity contribution in [1.82, 2.24) is 9.97 Å². The maximum atomic E-state index is 13.4. The lowest BCUT2D eigenvalue weighted by Gasteiger charge is -2.14. The summed E-state index contributed by atoms with van der Waals surface area (Å²) in [7, 11) is 0. The average molecular weight is 609 g/mol. The van der Waals surface area contributed by atoms with Gasteiger partial charge in [-0.25, -0.2) is 9.59 Å². The Kier molecular flexibility index (Phi) is 12.6. The smallest absolute Gasteiger partial charge is 0.344 e. The first-order valence-corrected chi connectivity index (χ1v) is 13.1. The summed E-state index contributed by atoms with van der Waals surface area (Å²) in [5, 5.41) is 9.74. The van der Waals surface area contributed by atoms with E-state index >= 15 is 0 Å². The largest absolute Gasteiger partial charge is 0.478 e. The molecule has 3 rings (SSSR count). The molecule has 3 aromatic rings. The van der Waals surface area contributed by atoms with E-state index < -0.39 is 24.5 Å². The van der Waals surface area contributed by atoms with Gasteiger partial charge < -0.3 is 20.3 Å². The lowest BCUT2D eigenvalue weighted by atomic mass is 10.1. The number of rotatable bonds is 10. The van der Waals surface area contributed by atoms with E-state index in [1.807, 2.05) is 6.92 Å². The molecule has 0 amide bonds. The molecule has 2 heterocycles. The highest BCUT2D eigenvalue weighted by atomic mass is 35.5. The van der Waals surface area contributed by atoms with E-state index in [0.717, 1.165) is 32.1 Å². The Labute approximate surface area is 239 Å². The number of pyridine rings is 2. The Bertz CT molecular complexity index is 1300. The summed E-state index contributed by atoms with van der Waals surface area (Å²) in [6, 6.07) is 4.85. The minimum Gasteiger partial charge on any atom is -0.478 e. The second kappa shape index (κ2) is 15.1. The number of nitrogen functional groups attached to an aromatic ring is 1. The summed E-state index contributed by atoms with van der Waals surface area (Å²) in [6.45, 7) is 3.51. The van der Waals surface area contributed by atoms with Gasteiger partial charge >= 0.3 is 11.9 Å².